The van der Waals surface area contributed by atoms with Gasteiger partial charge in [-0.15, -0.1) is 0 Å². The molecule has 0 saturated heterocycles. The lowest BCUT2D eigenvalue weighted by Crippen LogP contribution is -2.48. The van der Waals surface area contributed by atoms with Crippen molar-refractivity contribution in [2.45, 2.75) is 103 Å². The zero-order chi connectivity index (χ0) is 29.5. The van der Waals surface area contributed by atoms with E-state index in [0.29, 0.717) is 13.1 Å². The maximum Gasteiger partial charge on any atom is 0.317 e. The van der Waals surface area contributed by atoms with Gasteiger partial charge in [-0.3, -0.25) is 29.1 Å². The van der Waals surface area contributed by atoms with E-state index in [1.54, 1.807) is 9.80 Å². The number of hydrogen-bond acceptors (Lipinski definition) is 8. The minimum atomic E-state index is -1.11. The second-order valence-electron chi connectivity index (χ2n) is 10.7. The number of aliphatic hydroxyl groups is 2. The summed E-state index contributed by atoms with van der Waals surface area (Å²) >= 11 is 0. The van der Waals surface area contributed by atoms with Crippen LogP contribution >= 0.6 is 0 Å². The van der Waals surface area contributed by atoms with Gasteiger partial charge in [0.05, 0.1) is 31.8 Å². The predicted molar refractivity (Wildman–Crippen MR) is 151 cm³/mol. The normalized spacial score (nSPS) is 13.3. The van der Waals surface area contributed by atoms with Gasteiger partial charge in [0.25, 0.3) is 0 Å². The van der Waals surface area contributed by atoms with Crippen LogP contribution in [0.15, 0.2) is 0 Å². The van der Waals surface area contributed by atoms with Crippen LogP contribution in [0.25, 0.3) is 0 Å². The van der Waals surface area contributed by atoms with E-state index in [4.69, 9.17) is 0 Å². The van der Waals surface area contributed by atoms with Gasteiger partial charge in [-0.1, -0.05) is 78.1 Å². The molecule has 230 valence electrons. The highest BCUT2D eigenvalue weighted by Gasteiger charge is 2.22. The van der Waals surface area contributed by atoms with Gasteiger partial charge in [-0.2, -0.15) is 0 Å². The number of carbonyl (C=O) groups is 3. The Morgan fingerprint density at radius 1 is 0.487 bits per heavy atom. The van der Waals surface area contributed by atoms with E-state index in [0.717, 1.165) is 64.2 Å². The molecule has 11 nitrogen and oxygen atoms in total. The van der Waals surface area contributed by atoms with Gasteiger partial charge in [0.1, 0.15) is 0 Å². The summed E-state index contributed by atoms with van der Waals surface area (Å²) in [6, 6.07) is 0. The van der Waals surface area contributed by atoms with Crippen molar-refractivity contribution in [3.05, 3.63) is 0 Å². The van der Waals surface area contributed by atoms with Crippen molar-refractivity contribution < 1.29 is 39.9 Å². The van der Waals surface area contributed by atoms with Crippen LogP contribution < -0.4 is 0 Å². The van der Waals surface area contributed by atoms with Crippen LogP contribution in [0.5, 0.6) is 0 Å². The van der Waals surface area contributed by atoms with Crippen molar-refractivity contribution in [2.75, 3.05) is 58.9 Å². The fourth-order valence-corrected chi connectivity index (χ4v) is 4.79. The summed E-state index contributed by atoms with van der Waals surface area (Å²) in [6.07, 6.45) is 10.7. The largest absolute Gasteiger partial charge is 0.480 e. The lowest BCUT2D eigenvalue weighted by molar-refractivity contribution is -0.139. The number of carboxylic acids is 3. The summed E-state index contributed by atoms with van der Waals surface area (Å²) < 4.78 is 0. The van der Waals surface area contributed by atoms with Crippen LogP contribution in [-0.4, -0.2) is 129 Å². The van der Waals surface area contributed by atoms with Gasteiger partial charge < -0.3 is 25.5 Å². The van der Waals surface area contributed by atoms with Crippen LogP contribution in [-0.2, 0) is 14.4 Å². The molecule has 0 bridgehead atoms. The first-order valence-corrected chi connectivity index (χ1v) is 14.8. The standard InChI is InChI=1S/C28H55N3O8/c1-3-5-7-9-11-13-15-29(21-26(34)35)17-24(32)19-31(23-28(38)39)20-25(33)18-30(22-27(36)37)16-14-12-10-8-6-4-2/h24-25,32-33H,3-23H2,1-2H3,(H,34,35)(H,36,37)(H,38,39). The van der Waals surface area contributed by atoms with Crippen molar-refractivity contribution in [3.8, 4) is 0 Å². The SMILES string of the molecule is CCCCCCCCN(CC(=O)O)CC(O)CN(CC(=O)O)CC(O)CN(CCCCCCCC)CC(=O)O. The predicted octanol–water partition coefficient (Wildman–Crippen LogP) is 2.59. The molecule has 0 radical (unpaired) electrons. The minimum absolute atomic E-state index is 0.0493. The lowest BCUT2D eigenvalue weighted by Gasteiger charge is -2.30. The van der Waals surface area contributed by atoms with Crippen molar-refractivity contribution in [3.63, 3.8) is 0 Å². The van der Waals surface area contributed by atoms with Gasteiger partial charge >= 0.3 is 17.9 Å². The first-order chi connectivity index (χ1) is 18.6. The smallest absolute Gasteiger partial charge is 0.317 e. The molecule has 39 heavy (non-hydrogen) atoms. The number of nitrogens with zero attached hydrogens (tertiary/aromatic N) is 3. The van der Waals surface area contributed by atoms with Crippen molar-refractivity contribution in [2.24, 2.45) is 0 Å². The van der Waals surface area contributed by atoms with Crippen LogP contribution in [0.4, 0.5) is 0 Å². The molecule has 0 aliphatic heterocycles. The van der Waals surface area contributed by atoms with Crippen molar-refractivity contribution >= 4 is 17.9 Å². The highest BCUT2D eigenvalue weighted by molar-refractivity contribution is 5.69. The molecule has 0 rings (SSSR count). The Morgan fingerprint density at radius 3 is 1.10 bits per heavy atom. The van der Waals surface area contributed by atoms with Gasteiger partial charge in [0.15, 0.2) is 0 Å². The molecule has 0 spiro atoms. The number of rotatable bonds is 28. The topological polar surface area (TPSA) is 162 Å². The molecule has 0 aromatic heterocycles. The Hall–Kier alpha value is -1.79. The highest BCUT2D eigenvalue weighted by atomic mass is 16.4. The molecule has 0 aliphatic rings. The molecule has 2 unspecified atom stereocenters. The van der Waals surface area contributed by atoms with Gasteiger partial charge in [-0.05, 0) is 25.9 Å². The summed E-state index contributed by atoms with van der Waals surface area (Å²) in [5, 5.41) is 49.2. The third-order valence-corrected chi connectivity index (χ3v) is 6.61. The zero-order valence-electron chi connectivity index (χ0n) is 24.3. The van der Waals surface area contributed by atoms with Crippen LogP contribution in [0.3, 0.4) is 0 Å². The number of hydrogen-bond donors (Lipinski definition) is 5. The molecule has 11 heteroatoms. The summed E-state index contributed by atoms with van der Waals surface area (Å²) in [4.78, 5) is 38.8. The number of aliphatic hydroxyl groups excluding tert-OH is 2. The van der Waals surface area contributed by atoms with E-state index < -0.39 is 36.7 Å². The summed E-state index contributed by atoms with van der Waals surface area (Å²) in [5.74, 6) is -3.09. The van der Waals surface area contributed by atoms with E-state index in [1.165, 1.54) is 17.7 Å². The van der Waals surface area contributed by atoms with E-state index >= 15 is 0 Å². The average Bonchev–Trinajstić information content (AvgIpc) is 2.81. The molecule has 0 aromatic rings. The molecule has 0 saturated carbocycles. The lowest BCUT2D eigenvalue weighted by atomic mass is 10.1. The number of aliphatic carboxylic acids is 3. The van der Waals surface area contributed by atoms with E-state index in [-0.39, 0.29) is 39.3 Å². The molecule has 0 fully saturated rings. The second-order valence-corrected chi connectivity index (χ2v) is 10.7. The molecule has 0 amide bonds. The van der Waals surface area contributed by atoms with Crippen molar-refractivity contribution in [1.82, 2.24) is 14.7 Å². The number of carboxylic acid groups (broad SMARTS) is 3. The molecule has 2 atom stereocenters. The molecule has 0 aromatic carbocycles. The fraction of sp³-hybridized carbons (Fsp3) is 0.893. The summed E-state index contributed by atoms with van der Waals surface area (Å²) in [6.45, 7) is 4.58. The van der Waals surface area contributed by atoms with Gasteiger partial charge in [0.2, 0.25) is 0 Å². The first kappa shape index (κ1) is 37.2. The maximum atomic E-state index is 11.4. The van der Waals surface area contributed by atoms with Crippen LogP contribution in [0, 0.1) is 0 Å². The first-order valence-electron chi connectivity index (χ1n) is 14.8. The highest BCUT2D eigenvalue weighted by Crippen LogP contribution is 2.09. The molecule has 0 aliphatic carbocycles. The fourth-order valence-electron chi connectivity index (χ4n) is 4.79. The Kier molecular flexibility index (Phi) is 22.9. The zero-order valence-corrected chi connectivity index (χ0v) is 24.3. The van der Waals surface area contributed by atoms with E-state index in [1.807, 2.05) is 0 Å². The monoisotopic (exact) mass is 561 g/mol. The van der Waals surface area contributed by atoms with Gasteiger partial charge in [0, 0.05) is 26.2 Å². The second kappa shape index (κ2) is 24.0. The van der Waals surface area contributed by atoms with E-state index in [2.05, 4.69) is 13.8 Å². The third kappa shape index (κ3) is 23.8. The number of unbranched alkanes of at least 4 members (excludes halogenated alkanes) is 10. The average molecular weight is 562 g/mol. The molecule has 0 heterocycles. The molecular formula is C28H55N3O8. The summed E-state index contributed by atoms with van der Waals surface area (Å²) in [7, 11) is 0. The summed E-state index contributed by atoms with van der Waals surface area (Å²) in [5.41, 5.74) is 0. The van der Waals surface area contributed by atoms with Gasteiger partial charge in [-0.25, -0.2) is 0 Å². The quantitative estimate of drug-likeness (QED) is 0.0893. The third-order valence-electron chi connectivity index (χ3n) is 6.61. The van der Waals surface area contributed by atoms with Crippen LogP contribution in [0.1, 0.15) is 90.9 Å². The van der Waals surface area contributed by atoms with E-state index in [9.17, 15) is 39.9 Å². The van der Waals surface area contributed by atoms with Crippen molar-refractivity contribution in [1.29, 1.82) is 0 Å². The Balaban J connectivity index is 4.88. The Labute approximate surface area is 234 Å². The molecule has 5 N–H and O–H groups in total. The minimum Gasteiger partial charge on any atom is -0.480 e. The Bertz CT molecular complexity index is 606. The Morgan fingerprint density at radius 2 is 0.769 bits per heavy atom. The molecular weight excluding hydrogens is 506 g/mol. The maximum absolute atomic E-state index is 11.4. The van der Waals surface area contributed by atoms with Crippen LogP contribution in [0.2, 0.25) is 0 Å².